The molecular weight excluding hydrogens is 595 g/mol. The molecule has 214 valence electrons. The molecule has 40 heavy (non-hydrogen) atoms. The number of aromatic nitrogens is 1. The Kier molecular flexibility index (Phi) is 11.1. The van der Waals surface area contributed by atoms with Crippen LogP contribution < -0.4 is 14.5 Å². The SMILES string of the molecule is Cc1ccc(C)c(S(=O)(=O)Nc2ccc3nc(N4CCN(c5ccccc5)CC4)cc(C(=O)O)c3c2)c1.Cl.Cl.Cl. The molecule has 0 radical (unpaired) electrons. The average molecular weight is 626 g/mol. The normalized spacial score (nSPS) is 13.1. The number of para-hydroxylation sites is 1. The van der Waals surface area contributed by atoms with E-state index < -0.39 is 16.0 Å². The highest BCUT2D eigenvalue weighted by Crippen LogP contribution is 2.29. The van der Waals surface area contributed by atoms with Crippen molar-refractivity contribution in [3.05, 3.63) is 89.5 Å². The van der Waals surface area contributed by atoms with E-state index in [1.807, 2.05) is 31.2 Å². The van der Waals surface area contributed by atoms with Crippen LogP contribution in [0.1, 0.15) is 21.5 Å². The Bertz CT molecular complexity index is 1600. The molecule has 0 saturated carbocycles. The van der Waals surface area contributed by atoms with Gasteiger partial charge in [0, 0.05) is 42.9 Å². The van der Waals surface area contributed by atoms with Crippen LogP contribution >= 0.6 is 37.2 Å². The number of hydrogen-bond acceptors (Lipinski definition) is 6. The number of carboxylic acids is 1. The van der Waals surface area contributed by atoms with E-state index in [2.05, 4.69) is 26.7 Å². The molecule has 0 aliphatic carbocycles. The summed E-state index contributed by atoms with van der Waals surface area (Å²) in [6, 6.07) is 21.8. The third kappa shape index (κ3) is 6.90. The topological polar surface area (TPSA) is 103 Å². The summed E-state index contributed by atoms with van der Waals surface area (Å²) >= 11 is 0. The van der Waals surface area contributed by atoms with Gasteiger partial charge in [-0.3, -0.25) is 4.72 Å². The molecule has 0 unspecified atom stereocenters. The first-order valence-electron chi connectivity index (χ1n) is 12.0. The van der Waals surface area contributed by atoms with Crippen LogP contribution in [0, 0.1) is 13.8 Å². The predicted octanol–water partition coefficient (Wildman–Crippen LogP) is 5.94. The molecule has 2 heterocycles. The van der Waals surface area contributed by atoms with Gasteiger partial charge < -0.3 is 14.9 Å². The summed E-state index contributed by atoms with van der Waals surface area (Å²) in [6.07, 6.45) is 0. The lowest BCUT2D eigenvalue weighted by molar-refractivity contribution is 0.0699. The third-order valence-electron chi connectivity index (χ3n) is 6.64. The molecule has 5 rings (SSSR count). The number of nitrogens with one attached hydrogen (secondary N) is 1. The fourth-order valence-corrected chi connectivity index (χ4v) is 6.03. The van der Waals surface area contributed by atoms with Gasteiger partial charge >= 0.3 is 5.97 Å². The van der Waals surface area contributed by atoms with Gasteiger partial charge in [-0.1, -0.05) is 30.3 Å². The molecule has 0 atom stereocenters. The number of fused-ring (bicyclic) bond motifs is 1. The molecule has 2 N–H and O–H groups in total. The van der Waals surface area contributed by atoms with E-state index in [1.165, 1.54) is 6.07 Å². The number of halogens is 3. The van der Waals surface area contributed by atoms with Gasteiger partial charge in [0.1, 0.15) is 5.82 Å². The number of nitrogens with zero attached hydrogens (tertiary/aromatic N) is 3. The predicted molar refractivity (Wildman–Crippen MR) is 168 cm³/mol. The maximum atomic E-state index is 13.1. The van der Waals surface area contributed by atoms with Crippen LogP contribution in [0.2, 0.25) is 0 Å². The van der Waals surface area contributed by atoms with Crippen LogP contribution in [0.4, 0.5) is 17.2 Å². The Balaban J connectivity index is 0.00000187. The lowest BCUT2D eigenvalue weighted by atomic mass is 10.1. The number of carbonyl (C=O) groups is 1. The molecule has 1 fully saturated rings. The quantitative estimate of drug-likeness (QED) is 0.273. The fourth-order valence-electron chi connectivity index (χ4n) is 4.65. The van der Waals surface area contributed by atoms with Crippen molar-refractivity contribution in [3.8, 4) is 0 Å². The molecule has 0 amide bonds. The van der Waals surface area contributed by atoms with Gasteiger partial charge in [-0.25, -0.2) is 18.2 Å². The van der Waals surface area contributed by atoms with Crippen molar-refractivity contribution in [2.24, 2.45) is 0 Å². The second kappa shape index (κ2) is 13.4. The van der Waals surface area contributed by atoms with Gasteiger partial charge in [0.2, 0.25) is 0 Å². The van der Waals surface area contributed by atoms with E-state index in [0.29, 0.717) is 35.4 Å². The number of aryl methyl sites for hydroxylation is 2. The zero-order chi connectivity index (χ0) is 26.2. The van der Waals surface area contributed by atoms with E-state index in [0.717, 1.165) is 24.3 Å². The number of rotatable bonds is 6. The lowest BCUT2D eigenvalue weighted by Crippen LogP contribution is -2.46. The number of piperazine rings is 1. The van der Waals surface area contributed by atoms with Gasteiger partial charge in [0.25, 0.3) is 10.0 Å². The standard InChI is InChI=1S/C28H28N4O4S.3ClH/c1-19-8-9-20(2)26(16-19)37(35,36)30-21-10-11-25-23(17-21)24(28(33)34)18-27(29-25)32-14-12-31(13-15-32)22-6-4-3-5-7-22;;;/h3-11,16-18,30H,12-15H2,1-2H3,(H,33,34);3*1H. The number of hydrogen-bond donors (Lipinski definition) is 2. The number of pyridine rings is 1. The van der Waals surface area contributed by atoms with Gasteiger partial charge in [-0.05, 0) is 67.4 Å². The third-order valence-corrected chi connectivity index (χ3v) is 8.16. The van der Waals surface area contributed by atoms with Crippen molar-refractivity contribution >= 4 is 81.3 Å². The second-order valence-electron chi connectivity index (χ2n) is 9.25. The van der Waals surface area contributed by atoms with E-state index in [4.69, 9.17) is 4.98 Å². The highest BCUT2D eigenvalue weighted by Gasteiger charge is 2.22. The summed E-state index contributed by atoms with van der Waals surface area (Å²) < 4.78 is 28.7. The average Bonchev–Trinajstić information content (AvgIpc) is 2.89. The number of aromatic carboxylic acids is 1. The zero-order valence-corrected chi connectivity index (χ0v) is 25.2. The Morgan fingerprint density at radius 3 is 2.15 bits per heavy atom. The smallest absolute Gasteiger partial charge is 0.336 e. The van der Waals surface area contributed by atoms with Crippen LogP contribution in [-0.2, 0) is 10.0 Å². The highest BCUT2D eigenvalue weighted by molar-refractivity contribution is 7.92. The first-order chi connectivity index (χ1) is 17.7. The Labute approximate surface area is 252 Å². The molecule has 1 aliphatic rings. The van der Waals surface area contributed by atoms with Gasteiger partial charge in [-0.2, -0.15) is 0 Å². The maximum absolute atomic E-state index is 13.1. The largest absolute Gasteiger partial charge is 0.478 e. The van der Waals surface area contributed by atoms with Crippen molar-refractivity contribution in [2.45, 2.75) is 18.7 Å². The maximum Gasteiger partial charge on any atom is 0.336 e. The Morgan fingerprint density at radius 2 is 1.50 bits per heavy atom. The van der Waals surface area contributed by atoms with Crippen molar-refractivity contribution in [1.29, 1.82) is 0 Å². The fraction of sp³-hybridized carbons (Fsp3) is 0.214. The van der Waals surface area contributed by atoms with Crippen LogP contribution in [0.3, 0.4) is 0 Å². The van der Waals surface area contributed by atoms with Crippen molar-refractivity contribution < 1.29 is 18.3 Å². The molecular formula is C28H31Cl3N4O4S. The monoisotopic (exact) mass is 624 g/mol. The van der Waals surface area contributed by atoms with Gasteiger partial charge in [0.05, 0.1) is 16.0 Å². The number of carboxylic acid groups (broad SMARTS) is 1. The molecule has 1 aliphatic heterocycles. The summed E-state index contributed by atoms with van der Waals surface area (Å²) in [5.74, 6) is -0.493. The minimum Gasteiger partial charge on any atom is -0.478 e. The van der Waals surface area contributed by atoms with Gasteiger partial charge in [0.15, 0.2) is 0 Å². The van der Waals surface area contributed by atoms with Crippen molar-refractivity contribution in [3.63, 3.8) is 0 Å². The minimum absolute atomic E-state index is 0. The molecule has 12 heteroatoms. The molecule has 3 aromatic carbocycles. The van der Waals surface area contributed by atoms with Crippen molar-refractivity contribution in [2.75, 3.05) is 40.7 Å². The van der Waals surface area contributed by atoms with E-state index in [9.17, 15) is 18.3 Å². The number of anilines is 3. The van der Waals surface area contributed by atoms with Crippen LogP contribution in [0.5, 0.6) is 0 Å². The lowest BCUT2D eigenvalue weighted by Gasteiger charge is -2.37. The van der Waals surface area contributed by atoms with E-state index in [1.54, 1.807) is 37.3 Å². The minimum atomic E-state index is -3.85. The second-order valence-corrected chi connectivity index (χ2v) is 10.9. The zero-order valence-electron chi connectivity index (χ0n) is 21.9. The molecule has 0 bridgehead atoms. The number of benzene rings is 3. The van der Waals surface area contributed by atoms with Crippen LogP contribution in [0.15, 0.2) is 77.7 Å². The highest BCUT2D eigenvalue weighted by atomic mass is 35.5. The molecule has 8 nitrogen and oxygen atoms in total. The van der Waals surface area contributed by atoms with Crippen LogP contribution in [0.25, 0.3) is 10.9 Å². The van der Waals surface area contributed by atoms with Gasteiger partial charge in [-0.15, -0.1) is 37.2 Å². The Morgan fingerprint density at radius 1 is 0.850 bits per heavy atom. The summed E-state index contributed by atoms with van der Waals surface area (Å²) in [7, 11) is -3.85. The first-order valence-corrected chi connectivity index (χ1v) is 13.5. The number of sulfonamides is 1. The Hall–Kier alpha value is -3.24. The van der Waals surface area contributed by atoms with E-state index in [-0.39, 0.29) is 53.4 Å². The molecule has 1 aromatic heterocycles. The summed E-state index contributed by atoms with van der Waals surface area (Å²) in [5, 5.41) is 10.3. The van der Waals surface area contributed by atoms with Crippen LogP contribution in [-0.4, -0.2) is 50.7 Å². The molecule has 0 spiro atoms. The first kappa shape index (κ1) is 33.0. The summed E-state index contributed by atoms with van der Waals surface area (Å²) in [6.45, 7) is 6.58. The summed E-state index contributed by atoms with van der Waals surface area (Å²) in [4.78, 5) is 21.5. The van der Waals surface area contributed by atoms with E-state index >= 15 is 0 Å². The summed E-state index contributed by atoms with van der Waals surface area (Å²) in [5.41, 5.74) is 3.48. The van der Waals surface area contributed by atoms with Crippen molar-refractivity contribution in [1.82, 2.24) is 4.98 Å². The molecule has 1 saturated heterocycles. The molecule has 4 aromatic rings.